The van der Waals surface area contributed by atoms with E-state index < -0.39 is 12.0 Å². The smallest absolute Gasteiger partial charge is 0.323 e. The predicted octanol–water partition coefficient (Wildman–Crippen LogP) is 1.79. The highest BCUT2D eigenvalue weighted by Gasteiger charge is 2.14. The van der Waals surface area contributed by atoms with Gasteiger partial charge in [-0.2, -0.15) is 0 Å². The van der Waals surface area contributed by atoms with Gasteiger partial charge in [-0.1, -0.05) is 6.07 Å². The molecule has 0 saturated carbocycles. The van der Waals surface area contributed by atoms with Crippen molar-refractivity contribution in [1.82, 2.24) is 0 Å². The summed E-state index contributed by atoms with van der Waals surface area (Å²) < 4.78 is 23.1. The molecule has 0 amide bonds. The number of nitrogens with two attached hydrogens (primary N) is 1. The second kappa shape index (κ2) is 6.96. The van der Waals surface area contributed by atoms with Crippen LogP contribution in [0.3, 0.4) is 0 Å². The first-order valence-electron chi connectivity index (χ1n) is 5.85. The molecule has 1 rings (SSSR count). The van der Waals surface area contributed by atoms with Crippen LogP contribution in [0.25, 0.3) is 0 Å². The van der Waals surface area contributed by atoms with Crippen LogP contribution < -0.4 is 10.5 Å². The highest BCUT2D eigenvalue weighted by atomic mass is 19.1. The summed E-state index contributed by atoms with van der Waals surface area (Å²) in [6, 6.07) is 3.60. The molecule has 0 aliphatic carbocycles. The fraction of sp³-hybridized carbons (Fsp3) is 0.462. The zero-order chi connectivity index (χ0) is 13.5. The molecular formula is C13H18FNO3. The number of ether oxygens (including phenoxy) is 2. The highest BCUT2D eigenvalue weighted by Crippen LogP contribution is 2.18. The molecule has 4 nitrogen and oxygen atoms in total. The van der Waals surface area contributed by atoms with Crippen molar-refractivity contribution in [1.29, 1.82) is 0 Å². The second-order valence-electron chi connectivity index (χ2n) is 3.91. The van der Waals surface area contributed by atoms with Gasteiger partial charge >= 0.3 is 5.97 Å². The maximum Gasteiger partial charge on any atom is 0.323 e. The first-order valence-corrected chi connectivity index (χ1v) is 5.85. The van der Waals surface area contributed by atoms with Gasteiger partial charge in [0.05, 0.1) is 13.2 Å². The molecule has 0 aliphatic rings. The van der Waals surface area contributed by atoms with E-state index in [2.05, 4.69) is 0 Å². The van der Waals surface area contributed by atoms with E-state index in [1.54, 1.807) is 13.0 Å². The van der Waals surface area contributed by atoms with Crippen LogP contribution in [0.5, 0.6) is 5.75 Å². The lowest BCUT2D eigenvalue weighted by molar-refractivity contribution is -0.145. The molecule has 1 aromatic carbocycles. The average molecular weight is 255 g/mol. The van der Waals surface area contributed by atoms with Crippen molar-refractivity contribution in [2.75, 3.05) is 13.2 Å². The Labute approximate surface area is 106 Å². The summed E-state index contributed by atoms with van der Waals surface area (Å²) >= 11 is 0. The zero-order valence-electron chi connectivity index (χ0n) is 10.6. The SMILES string of the molecule is CCOC(=O)C(N)CCOc1cc(F)ccc1C. The molecule has 0 bridgehead atoms. The van der Waals surface area contributed by atoms with Crippen molar-refractivity contribution < 1.29 is 18.7 Å². The third kappa shape index (κ3) is 4.33. The Morgan fingerprint density at radius 1 is 1.50 bits per heavy atom. The molecule has 0 spiro atoms. The van der Waals surface area contributed by atoms with E-state index >= 15 is 0 Å². The Bertz CT molecular complexity index is 409. The number of aryl methyl sites for hydroxylation is 1. The van der Waals surface area contributed by atoms with Crippen molar-refractivity contribution in [3.8, 4) is 5.75 Å². The normalized spacial score (nSPS) is 12.0. The van der Waals surface area contributed by atoms with Crippen molar-refractivity contribution in [2.45, 2.75) is 26.3 Å². The number of hydrogen-bond acceptors (Lipinski definition) is 4. The van der Waals surface area contributed by atoms with E-state index in [0.29, 0.717) is 18.8 Å². The molecule has 0 fully saturated rings. The van der Waals surface area contributed by atoms with E-state index in [1.165, 1.54) is 12.1 Å². The zero-order valence-corrected chi connectivity index (χ0v) is 10.6. The first-order chi connectivity index (χ1) is 8.54. The van der Waals surface area contributed by atoms with Gasteiger partial charge in [-0.3, -0.25) is 4.79 Å². The fourth-order valence-corrected chi connectivity index (χ4v) is 1.39. The minimum Gasteiger partial charge on any atom is -0.493 e. The summed E-state index contributed by atoms with van der Waals surface area (Å²) in [5.74, 6) is -0.339. The second-order valence-corrected chi connectivity index (χ2v) is 3.91. The number of benzene rings is 1. The van der Waals surface area contributed by atoms with E-state index in [1.807, 2.05) is 6.92 Å². The van der Waals surface area contributed by atoms with Crippen LogP contribution in [-0.2, 0) is 9.53 Å². The third-order valence-electron chi connectivity index (χ3n) is 2.43. The molecule has 0 aromatic heterocycles. The fourth-order valence-electron chi connectivity index (χ4n) is 1.39. The summed E-state index contributed by atoms with van der Waals surface area (Å²) in [4.78, 5) is 11.2. The lowest BCUT2D eigenvalue weighted by atomic mass is 10.2. The lowest BCUT2D eigenvalue weighted by Crippen LogP contribution is -2.33. The number of carbonyl (C=O) groups excluding carboxylic acids is 1. The summed E-state index contributed by atoms with van der Waals surface area (Å²) in [6.45, 7) is 4.08. The van der Waals surface area contributed by atoms with Gasteiger partial charge in [-0.15, -0.1) is 0 Å². The van der Waals surface area contributed by atoms with Gasteiger partial charge < -0.3 is 15.2 Å². The third-order valence-corrected chi connectivity index (χ3v) is 2.43. The summed E-state index contributed by atoms with van der Waals surface area (Å²) in [6.07, 6.45) is 0.328. The Balaban J connectivity index is 2.41. The Hall–Kier alpha value is -1.62. The summed E-state index contributed by atoms with van der Waals surface area (Å²) in [5, 5.41) is 0. The lowest BCUT2D eigenvalue weighted by Gasteiger charge is -2.12. The number of hydrogen-bond donors (Lipinski definition) is 1. The van der Waals surface area contributed by atoms with Gasteiger partial charge in [0.15, 0.2) is 0 Å². The maximum atomic E-state index is 13.0. The Morgan fingerprint density at radius 3 is 2.89 bits per heavy atom. The molecule has 0 radical (unpaired) electrons. The molecule has 1 unspecified atom stereocenters. The number of esters is 1. The highest BCUT2D eigenvalue weighted by molar-refractivity contribution is 5.75. The molecule has 1 atom stereocenters. The largest absolute Gasteiger partial charge is 0.493 e. The van der Waals surface area contributed by atoms with Crippen LogP contribution in [0.2, 0.25) is 0 Å². The van der Waals surface area contributed by atoms with Gasteiger partial charge in [-0.25, -0.2) is 4.39 Å². The monoisotopic (exact) mass is 255 g/mol. The van der Waals surface area contributed by atoms with Crippen molar-refractivity contribution >= 4 is 5.97 Å². The average Bonchev–Trinajstić information content (AvgIpc) is 2.33. The van der Waals surface area contributed by atoms with Crippen LogP contribution in [0.4, 0.5) is 4.39 Å². The molecular weight excluding hydrogens is 237 g/mol. The summed E-state index contributed by atoms with van der Waals surface area (Å²) in [5.41, 5.74) is 6.44. The minimum atomic E-state index is -0.709. The molecule has 18 heavy (non-hydrogen) atoms. The predicted molar refractivity (Wildman–Crippen MR) is 65.9 cm³/mol. The van der Waals surface area contributed by atoms with Crippen molar-refractivity contribution in [3.63, 3.8) is 0 Å². The van der Waals surface area contributed by atoms with E-state index in [4.69, 9.17) is 15.2 Å². The van der Waals surface area contributed by atoms with Gasteiger partial charge in [0.25, 0.3) is 0 Å². The van der Waals surface area contributed by atoms with Crippen LogP contribution in [0.1, 0.15) is 18.9 Å². The van der Waals surface area contributed by atoms with Crippen LogP contribution in [0.15, 0.2) is 18.2 Å². The van der Waals surface area contributed by atoms with E-state index in [9.17, 15) is 9.18 Å². The van der Waals surface area contributed by atoms with E-state index in [-0.39, 0.29) is 12.4 Å². The van der Waals surface area contributed by atoms with Crippen LogP contribution >= 0.6 is 0 Å². The Kier molecular flexibility index (Phi) is 5.58. The molecule has 1 aromatic rings. The quantitative estimate of drug-likeness (QED) is 0.787. The maximum absolute atomic E-state index is 13.0. The molecule has 0 heterocycles. The number of carbonyl (C=O) groups is 1. The van der Waals surface area contributed by atoms with Gasteiger partial charge in [0.1, 0.15) is 17.6 Å². The minimum absolute atomic E-state index is 0.240. The van der Waals surface area contributed by atoms with Gasteiger partial charge in [-0.05, 0) is 25.5 Å². The molecule has 2 N–H and O–H groups in total. The van der Waals surface area contributed by atoms with E-state index in [0.717, 1.165) is 5.56 Å². The number of rotatable bonds is 6. The standard InChI is InChI=1S/C13H18FNO3/c1-3-17-13(16)11(15)6-7-18-12-8-10(14)5-4-9(12)2/h4-5,8,11H,3,6-7,15H2,1-2H3. The molecule has 5 heteroatoms. The molecule has 0 saturated heterocycles. The first kappa shape index (κ1) is 14.4. The van der Waals surface area contributed by atoms with Gasteiger partial charge in [0, 0.05) is 12.5 Å². The van der Waals surface area contributed by atoms with Crippen molar-refractivity contribution in [3.05, 3.63) is 29.6 Å². The van der Waals surface area contributed by atoms with Crippen molar-refractivity contribution in [2.24, 2.45) is 5.73 Å². The number of halogens is 1. The molecule has 100 valence electrons. The molecule has 0 aliphatic heterocycles. The topological polar surface area (TPSA) is 61.5 Å². The van der Waals surface area contributed by atoms with Crippen LogP contribution in [-0.4, -0.2) is 25.2 Å². The Morgan fingerprint density at radius 2 is 2.22 bits per heavy atom. The summed E-state index contributed by atoms with van der Waals surface area (Å²) in [7, 11) is 0. The van der Waals surface area contributed by atoms with Gasteiger partial charge in [0.2, 0.25) is 0 Å². The van der Waals surface area contributed by atoms with Crippen LogP contribution in [0, 0.1) is 12.7 Å².